The van der Waals surface area contributed by atoms with E-state index in [0.29, 0.717) is 12.8 Å². The highest BCUT2D eigenvalue weighted by molar-refractivity contribution is 5.80. The molecule has 0 bridgehead atoms. The maximum absolute atomic E-state index is 12.3. The van der Waals surface area contributed by atoms with Gasteiger partial charge >= 0.3 is 0 Å². The fraction of sp³-hybridized carbons (Fsp3) is 0.556. The van der Waals surface area contributed by atoms with E-state index in [-0.39, 0.29) is 17.4 Å². The van der Waals surface area contributed by atoms with Gasteiger partial charge in [0.25, 0.3) is 0 Å². The van der Waals surface area contributed by atoms with Gasteiger partial charge < -0.3 is 10.2 Å². The summed E-state index contributed by atoms with van der Waals surface area (Å²) in [5.74, 6) is 0.428. The highest BCUT2D eigenvalue weighted by Crippen LogP contribution is 2.31. The second kappa shape index (κ2) is 6.51. The molecule has 0 aliphatic carbocycles. The zero-order chi connectivity index (χ0) is 15.4. The first-order valence-electron chi connectivity index (χ1n) is 8.30. The van der Waals surface area contributed by atoms with Crippen LogP contribution in [0.25, 0.3) is 0 Å². The molecule has 2 aliphatic rings. The van der Waals surface area contributed by atoms with E-state index in [1.54, 1.807) is 0 Å². The molecule has 1 aromatic carbocycles. The van der Waals surface area contributed by atoms with Crippen LogP contribution in [-0.4, -0.2) is 35.3 Å². The smallest absolute Gasteiger partial charge is 0.222 e. The van der Waals surface area contributed by atoms with Gasteiger partial charge in [-0.1, -0.05) is 30.3 Å². The van der Waals surface area contributed by atoms with Gasteiger partial charge in [-0.05, 0) is 37.7 Å². The van der Waals surface area contributed by atoms with E-state index in [1.165, 1.54) is 5.56 Å². The summed E-state index contributed by atoms with van der Waals surface area (Å²) in [6, 6.07) is 10.3. The SMILES string of the molecule is O=C1CCC2(CCN(C(=O)CCCc3ccccc3)CC2)N1. The average Bonchev–Trinajstić information content (AvgIpc) is 2.89. The number of carbonyl (C=O) groups excluding carboxylic acids is 2. The lowest BCUT2D eigenvalue weighted by atomic mass is 9.86. The number of benzene rings is 1. The molecule has 0 radical (unpaired) electrons. The highest BCUT2D eigenvalue weighted by Gasteiger charge is 2.40. The molecule has 1 spiro atoms. The molecule has 0 saturated carbocycles. The van der Waals surface area contributed by atoms with Gasteiger partial charge in [0.1, 0.15) is 0 Å². The van der Waals surface area contributed by atoms with Gasteiger partial charge in [0, 0.05) is 31.5 Å². The Labute approximate surface area is 131 Å². The Hall–Kier alpha value is -1.84. The molecule has 22 heavy (non-hydrogen) atoms. The summed E-state index contributed by atoms with van der Waals surface area (Å²) in [6.45, 7) is 1.56. The molecular weight excluding hydrogens is 276 g/mol. The number of likely N-dealkylation sites (tertiary alicyclic amines) is 1. The third kappa shape index (κ3) is 3.49. The van der Waals surface area contributed by atoms with Gasteiger partial charge in [-0.25, -0.2) is 0 Å². The molecule has 1 N–H and O–H groups in total. The van der Waals surface area contributed by atoms with Crippen molar-refractivity contribution in [1.29, 1.82) is 0 Å². The van der Waals surface area contributed by atoms with E-state index in [9.17, 15) is 9.59 Å². The molecule has 2 saturated heterocycles. The topological polar surface area (TPSA) is 49.4 Å². The Bertz CT molecular complexity index is 533. The number of piperidine rings is 1. The van der Waals surface area contributed by atoms with Crippen LogP contribution in [0, 0.1) is 0 Å². The summed E-state index contributed by atoms with van der Waals surface area (Å²) in [6.07, 6.45) is 5.87. The van der Waals surface area contributed by atoms with Crippen molar-refractivity contribution in [3.05, 3.63) is 35.9 Å². The molecule has 118 valence electrons. The largest absolute Gasteiger partial charge is 0.351 e. The number of carbonyl (C=O) groups is 2. The van der Waals surface area contributed by atoms with Crippen molar-refractivity contribution in [2.45, 2.75) is 50.5 Å². The molecule has 4 nitrogen and oxygen atoms in total. The van der Waals surface area contributed by atoms with Crippen molar-refractivity contribution < 1.29 is 9.59 Å². The maximum Gasteiger partial charge on any atom is 0.222 e. The number of aryl methyl sites for hydroxylation is 1. The van der Waals surface area contributed by atoms with Gasteiger partial charge in [-0.15, -0.1) is 0 Å². The van der Waals surface area contributed by atoms with Crippen LogP contribution >= 0.6 is 0 Å². The van der Waals surface area contributed by atoms with Gasteiger partial charge in [-0.2, -0.15) is 0 Å². The monoisotopic (exact) mass is 300 g/mol. The number of nitrogens with one attached hydrogen (secondary N) is 1. The summed E-state index contributed by atoms with van der Waals surface area (Å²) in [7, 11) is 0. The summed E-state index contributed by atoms with van der Waals surface area (Å²) in [4.78, 5) is 25.7. The van der Waals surface area contributed by atoms with Crippen LogP contribution in [0.2, 0.25) is 0 Å². The van der Waals surface area contributed by atoms with E-state index >= 15 is 0 Å². The van der Waals surface area contributed by atoms with E-state index in [2.05, 4.69) is 17.4 Å². The molecule has 3 rings (SSSR count). The minimum Gasteiger partial charge on any atom is -0.351 e. The number of hydrogen-bond donors (Lipinski definition) is 1. The molecule has 1 aromatic rings. The molecule has 2 amide bonds. The fourth-order valence-corrected chi connectivity index (χ4v) is 3.58. The third-order valence-corrected chi connectivity index (χ3v) is 5.01. The van der Waals surface area contributed by atoms with Crippen molar-refractivity contribution in [3.63, 3.8) is 0 Å². The zero-order valence-corrected chi connectivity index (χ0v) is 13.0. The predicted molar refractivity (Wildman–Crippen MR) is 85.3 cm³/mol. The van der Waals surface area contributed by atoms with Crippen molar-refractivity contribution in [2.24, 2.45) is 0 Å². The first-order valence-corrected chi connectivity index (χ1v) is 8.30. The van der Waals surface area contributed by atoms with Crippen LogP contribution in [0.1, 0.15) is 44.1 Å². The maximum atomic E-state index is 12.3. The first kappa shape index (κ1) is 15.1. The molecule has 0 atom stereocenters. The number of rotatable bonds is 4. The van der Waals surface area contributed by atoms with Crippen molar-refractivity contribution in [3.8, 4) is 0 Å². The first-order chi connectivity index (χ1) is 10.7. The molecule has 2 fully saturated rings. The minimum absolute atomic E-state index is 0.0160. The minimum atomic E-state index is -0.0160. The predicted octanol–water partition coefficient (Wildman–Crippen LogP) is 2.28. The fourth-order valence-electron chi connectivity index (χ4n) is 3.58. The van der Waals surface area contributed by atoms with Gasteiger partial charge in [-0.3, -0.25) is 9.59 Å². The average molecular weight is 300 g/mol. The lowest BCUT2D eigenvalue weighted by molar-refractivity contribution is -0.133. The zero-order valence-electron chi connectivity index (χ0n) is 13.0. The van der Waals surface area contributed by atoms with E-state index in [0.717, 1.165) is 45.2 Å². The van der Waals surface area contributed by atoms with Gasteiger partial charge in [0.2, 0.25) is 11.8 Å². The Kier molecular flexibility index (Phi) is 4.46. The molecule has 4 heteroatoms. The van der Waals surface area contributed by atoms with Crippen molar-refractivity contribution >= 4 is 11.8 Å². The number of hydrogen-bond acceptors (Lipinski definition) is 2. The van der Waals surface area contributed by atoms with Crippen LogP contribution < -0.4 is 5.32 Å². The lowest BCUT2D eigenvalue weighted by Crippen LogP contribution is -2.52. The quantitative estimate of drug-likeness (QED) is 0.927. The third-order valence-electron chi connectivity index (χ3n) is 5.01. The summed E-state index contributed by atoms with van der Waals surface area (Å²) in [5, 5.41) is 3.12. The summed E-state index contributed by atoms with van der Waals surface area (Å²) >= 11 is 0. The molecule has 0 unspecified atom stereocenters. The summed E-state index contributed by atoms with van der Waals surface area (Å²) in [5.41, 5.74) is 1.28. The van der Waals surface area contributed by atoms with Crippen LogP contribution in [0.4, 0.5) is 0 Å². The van der Waals surface area contributed by atoms with E-state index in [1.807, 2.05) is 23.1 Å². The Morgan fingerprint density at radius 1 is 1.14 bits per heavy atom. The van der Waals surface area contributed by atoms with Crippen LogP contribution in [0.3, 0.4) is 0 Å². The second-order valence-corrected chi connectivity index (χ2v) is 6.55. The second-order valence-electron chi connectivity index (χ2n) is 6.55. The van der Waals surface area contributed by atoms with Gasteiger partial charge in [0.05, 0.1) is 0 Å². The van der Waals surface area contributed by atoms with Crippen molar-refractivity contribution in [2.75, 3.05) is 13.1 Å². The standard InChI is InChI=1S/C18H24N2O2/c21-16-9-10-18(19-16)11-13-20(14-12-18)17(22)8-4-7-15-5-2-1-3-6-15/h1-3,5-6H,4,7-14H2,(H,19,21). The van der Waals surface area contributed by atoms with Crippen LogP contribution in [-0.2, 0) is 16.0 Å². The van der Waals surface area contributed by atoms with Gasteiger partial charge in [0.15, 0.2) is 0 Å². The van der Waals surface area contributed by atoms with Crippen LogP contribution in [0.5, 0.6) is 0 Å². The number of nitrogens with zero attached hydrogens (tertiary/aromatic N) is 1. The Morgan fingerprint density at radius 2 is 1.86 bits per heavy atom. The number of amides is 2. The van der Waals surface area contributed by atoms with E-state index < -0.39 is 0 Å². The Balaban J connectivity index is 1.41. The van der Waals surface area contributed by atoms with E-state index in [4.69, 9.17) is 0 Å². The molecular formula is C18H24N2O2. The highest BCUT2D eigenvalue weighted by atomic mass is 16.2. The normalized spacial score (nSPS) is 20.2. The molecule has 2 heterocycles. The Morgan fingerprint density at radius 3 is 2.50 bits per heavy atom. The van der Waals surface area contributed by atoms with Crippen LogP contribution in [0.15, 0.2) is 30.3 Å². The molecule has 2 aliphatic heterocycles. The van der Waals surface area contributed by atoms with Crippen molar-refractivity contribution in [1.82, 2.24) is 10.2 Å². The summed E-state index contributed by atoms with van der Waals surface area (Å²) < 4.78 is 0. The molecule has 0 aromatic heterocycles. The lowest BCUT2D eigenvalue weighted by Gasteiger charge is -2.39.